The van der Waals surface area contributed by atoms with E-state index in [1.165, 1.54) is 38.5 Å². The predicted molar refractivity (Wildman–Crippen MR) is 96.2 cm³/mol. The van der Waals surface area contributed by atoms with Gasteiger partial charge >= 0.3 is 0 Å². The summed E-state index contributed by atoms with van der Waals surface area (Å²) in [7, 11) is 0. The summed E-state index contributed by atoms with van der Waals surface area (Å²) in [5, 5.41) is 10.6. The van der Waals surface area contributed by atoms with Gasteiger partial charge in [0, 0.05) is 12.8 Å². The van der Waals surface area contributed by atoms with Crippen molar-refractivity contribution in [1.82, 2.24) is 0 Å². The highest BCUT2D eigenvalue weighted by Gasteiger charge is 2.61. The highest BCUT2D eigenvalue weighted by Crippen LogP contribution is 2.68. The summed E-state index contributed by atoms with van der Waals surface area (Å²) in [5.74, 6) is 3.43. The molecule has 0 amide bonds. The van der Waals surface area contributed by atoms with E-state index < -0.39 is 5.60 Å². The first-order valence-corrected chi connectivity index (χ1v) is 10.3. The highest BCUT2D eigenvalue weighted by atomic mass is 16.3. The molecule has 2 heteroatoms. The summed E-state index contributed by atoms with van der Waals surface area (Å²) < 4.78 is 0. The van der Waals surface area contributed by atoms with Crippen LogP contribution in [-0.2, 0) is 4.79 Å². The van der Waals surface area contributed by atoms with E-state index >= 15 is 0 Å². The topological polar surface area (TPSA) is 37.3 Å². The molecule has 4 rings (SSSR count). The number of carbonyl (C=O) groups excluding carboxylic acids is 1. The van der Waals surface area contributed by atoms with Gasteiger partial charge in [0.15, 0.2) is 0 Å². The second kappa shape index (κ2) is 5.32. The summed E-state index contributed by atoms with van der Waals surface area (Å²) in [6.45, 7) is 10.8. The number of ketones is 1. The molecule has 0 saturated heterocycles. The Kier molecular flexibility index (Phi) is 3.78. The van der Waals surface area contributed by atoms with Crippen LogP contribution in [0.15, 0.2) is 0 Å². The van der Waals surface area contributed by atoms with Gasteiger partial charge < -0.3 is 5.11 Å². The Labute approximate surface area is 147 Å². The maximum absolute atomic E-state index is 12.1. The van der Waals surface area contributed by atoms with Crippen LogP contribution < -0.4 is 0 Å². The average Bonchev–Trinajstić information content (AvgIpc) is 2.85. The zero-order valence-corrected chi connectivity index (χ0v) is 15.8. The molecule has 1 N–H and O–H groups in total. The zero-order chi connectivity index (χ0) is 17.3. The van der Waals surface area contributed by atoms with Gasteiger partial charge in [-0.3, -0.25) is 4.79 Å². The maximum atomic E-state index is 12.1. The Balaban J connectivity index is 1.61. The van der Waals surface area contributed by atoms with Crippen molar-refractivity contribution < 1.29 is 9.90 Å². The lowest BCUT2D eigenvalue weighted by molar-refractivity contribution is -0.149. The van der Waals surface area contributed by atoms with Crippen LogP contribution in [-0.4, -0.2) is 16.5 Å². The second-order valence-electron chi connectivity index (χ2n) is 10.5. The monoisotopic (exact) mass is 331 g/mol. The van der Waals surface area contributed by atoms with Crippen LogP contribution in [0.4, 0.5) is 0 Å². The molecule has 24 heavy (non-hydrogen) atoms. The lowest BCUT2D eigenvalue weighted by Crippen LogP contribution is -2.55. The summed E-state index contributed by atoms with van der Waals surface area (Å²) in [5.41, 5.74) is 0.182. The number of hydrogen-bond donors (Lipinski definition) is 1. The number of Topliss-reactive ketones (excluding diaryl/α,β-unsaturated/α-hetero) is 1. The van der Waals surface area contributed by atoms with Gasteiger partial charge in [-0.15, -0.1) is 0 Å². The molecule has 0 bridgehead atoms. The minimum atomic E-state index is -0.445. The first-order chi connectivity index (χ1) is 11.2. The standard InChI is InChI=1S/C22H35O2/c1-14(23)17-7-8-18-16-6-5-15-13-20(2,24)11-12-21(15,3)19(16)9-10-22(17,18)4/h15-19,24H,1,5-13H2,2-4H3/t15?,16-,17+,18-,19?,20+,21-,22+/m0/s1. The van der Waals surface area contributed by atoms with Crippen molar-refractivity contribution >= 4 is 5.78 Å². The molecular formula is C22H35O2. The molecule has 0 aromatic rings. The van der Waals surface area contributed by atoms with Gasteiger partial charge in [0.1, 0.15) is 5.78 Å². The molecule has 2 nitrogen and oxygen atoms in total. The number of hydrogen-bond acceptors (Lipinski definition) is 2. The van der Waals surface area contributed by atoms with Gasteiger partial charge in [0.2, 0.25) is 0 Å². The van der Waals surface area contributed by atoms with Gasteiger partial charge in [0.05, 0.1) is 5.60 Å². The fourth-order valence-electron chi connectivity index (χ4n) is 7.96. The van der Waals surface area contributed by atoms with Gasteiger partial charge in [-0.25, -0.2) is 0 Å². The van der Waals surface area contributed by atoms with Crippen molar-refractivity contribution in [2.75, 3.05) is 0 Å². The molecule has 8 atom stereocenters. The van der Waals surface area contributed by atoms with E-state index in [1.807, 2.05) is 6.92 Å². The third-order valence-corrected chi connectivity index (χ3v) is 9.34. The van der Waals surface area contributed by atoms with Crippen molar-refractivity contribution in [3.05, 3.63) is 6.92 Å². The minimum Gasteiger partial charge on any atom is -0.390 e. The molecule has 0 aromatic heterocycles. The molecule has 0 spiro atoms. The third-order valence-electron chi connectivity index (χ3n) is 9.34. The second-order valence-corrected chi connectivity index (χ2v) is 10.5. The van der Waals surface area contributed by atoms with Crippen molar-refractivity contribution in [2.24, 2.45) is 40.4 Å². The zero-order valence-electron chi connectivity index (χ0n) is 15.8. The quantitative estimate of drug-likeness (QED) is 0.749. The molecule has 4 aliphatic carbocycles. The van der Waals surface area contributed by atoms with Gasteiger partial charge in [-0.2, -0.15) is 0 Å². The van der Waals surface area contributed by atoms with E-state index in [0.717, 1.165) is 37.0 Å². The van der Waals surface area contributed by atoms with Crippen LogP contribution in [0.5, 0.6) is 0 Å². The van der Waals surface area contributed by atoms with Crippen LogP contribution >= 0.6 is 0 Å². The summed E-state index contributed by atoms with van der Waals surface area (Å²) in [6, 6.07) is 0. The van der Waals surface area contributed by atoms with Crippen LogP contribution in [0.2, 0.25) is 0 Å². The first-order valence-electron chi connectivity index (χ1n) is 10.3. The number of rotatable bonds is 1. The first kappa shape index (κ1) is 17.1. The Morgan fingerprint density at radius 3 is 2.33 bits per heavy atom. The van der Waals surface area contributed by atoms with E-state index in [4.69, 9.17) is 0 Å². The molecule has 2 unspecified atom stereocenters. The molecule has 4 aliphatic rings. The maximum Gasteiger partial charge on any atom is 0.136 e. The summed E-state index contributed by atoms with van der Waals surface area (Å²) in [6.07, 6.45) is 10.6. The minimum absolute atomic E-state index is 0.187. The Bertz CT molecular complexity index is 538. The third kappa shape index (κ3) is 2.27. The van der Waals surface area contributed by atoms with Crippen molar-refractivity contribution in [3.8, 4) is 0 Å². The van der Waals surface area contributed by atoms with Crippen LogP contribution in [0.1, 0.15) is 78.6 Å². The molecule has 4 saturated carbocycles. The fraction of sp³-hybridized carbons (Fsp3) is 0.909. The molecular weight excluding hydrogens is 296 g/mol. The molecule has 4 fully saturated rings. The van der Waals surface area contributed by atoms with Crippen LogP contribution in [0.25, 0.3) is 0 Å². The Morgan fingerprint density at radius 1 is 0.917 bits per heavy atom. The Hall–Kier alpha value is -0.370. The van der Waals surface area contributed by atoms with E-state index in [-0.39, 0.29) is 17.1 Å². The molecule has 0 heterocycles. The molecule has 0 aromatic carbocycles. The molecule has 0 aliphatic heterocycles. The SMILES string of the molecule is [CH2]C(=O)[C@H]1CC[C@H]2[C@@H]3CCC4C[C@](C)(O)CC[C@]4(C)C3CC[C@]12C. The lowest BCUT2D eigenvalue weighted by Gasteiger charge is -2.61. The van der Waals surface area contributed by atoms with Crippen LogP contribution in [0.3, 0.4) is 0 Å². The fourth-order valence-corrected chi connectivity index (χ4v) is 7.96. The summed E-state index contributed by atoms with van der Waals surface area (Å²) in [4.78, 5) is 12.1. The van der Waals surface area contributed by atoms with Gasteiger partial charge in [-0.1, -0.05) is 13.8 Å². The summed E-state index contributed by atoms with van der Waals surface area (Å²) >= 11 is 0. The van der Waals surface area contributed by atoms with Crippen LogP contribution in [0, 0.1) is 47.3 Å². The average molecular weight is 332 g/mol. The Morgan fingerprint density at radius 2 is 1.62 bits per heavy atom. The van der Waals surface area contributed by atoms with E-state index in [0.29, 0.717) is 11.3 Å². The van der Waals surface area contributed by atoms with Crippen molar-refractivity contribution in [3.63, 3.8) is 0 Å². The predicted octanol–water partition coefficient (Wildman–Crippen LogP) is 4.80. The molecule has 1 radical (unpaired) electrons. The largest absolute Gasteiger partial charge is 0.390 e. The van der Waals surface area contributed by atoms with Gasteiger partial charge in [-0.05, 0) is 99.2 Å². The number of carbonyl (C=O) groups is 1. The van der Waals surface area contributed by atoms with Gasteiger partial charge in [0.25, 0.3) is 0 Å². The van der Waals surface area contributed by atoms with Crippen molar-refractivity contribution in [1.29, 1.82) is 0 Å². The molecule has 135 valence electrons. The smallest absolute Gasteiger partial charge is 0.136 e. The van der Waals surface area contributed by atoms with E-state index in [2.05, 4.69) is 20.8 Å². The normalized spacial score (nSPS) is 57.0. The number of fused-ring (bicyclic) bond motifs is 5. The highest BCUT2D eigenvalue weighted by molar-refractivity contribution is 5.86. The van der Waals surface area contributed by atoms with E-state index in [9.17, 15) is 9.90 Å². The number of aliphatic hydroxyl groups is 1. The van der Waals surface area contributed by atoms with E-state index in [1.54, 1.807) is 0 Å². The van der Waals surface area contributed by atoms with Crippen molar-refractivity contribution in [2.45, 2.75) is 84.2 Å². The lowest BCUT2D eigenvalue weighted by atomic mass is 9.44.